The van der Waals surface area contributed by atoms with Gasteiger partial charge in [0, 0.05) is 10.5 Å². The fraction of sp³-hybridized carbons (Fsp3) is 0.333. The smallest absolute Gasteiger partial charge is 0.0357 e. The highest BCUT2D eigenvalue weighted by molar-refractivity contribution is 9.10. The molecule has 0 spiro atoms. The summed E-state index contributed by atoms with van der Waals surface area (Å²) in [5.74, 6) is 0.661. The van der Waals surface area contributed by atoms with Gasteiger partial charge >= 0.3 is 0 Å². The van der Waals surface area contributed by atoms with Crippen LogP contribution in [0.4, 0.5) is 0 Å². The summed E-state index contributed by atoms with van der Waals surface area (Å²) in [6.45, 7) is 3.22. The van der Waals surface area contributed by atoms with Crippen molar-refractivity contribution in [1.82, 2.24) is 5.32 Å². The van der Waals surface area contributed by atoms with Crippen molar-refractivity contribution in [2.24, 2.45) is 5.92 Å². The largest absolute Gasteiger partial charge is 0.310 e. The fourth-order valence-corrected chi connectivity index (χ4v) is 3.55. The standard InChI is InChI=1S/C18H20BrN/c1-2-20-18-15(11-13-7-9-16(19)10-8-13)12-14-5-3-4-6-17(14)18/h3-10,15,18,20H,2,11-12H2,1H3. The Balaban J connectivity index is 1.81. The summed E-state index contributed by atoms with van der Waals surface area (Å²) >= 11 is 3.51. The summed E-state index contributed by atoms with van der Waals surface area (Å²) in [6, 6.07) is 18.1. The quantitative estimate of drug-likeness (QED) is 0.869. The second kappa shape index (κ2) is 6.11. The first-order chi connectivity index (χ1) is 9.78. The zero-order chi connectivity index (χ0) is 13.9. The van der Waals surface area contributed by atoms with Gasteiger partial charge in [-0.25, -0.2) is 0 Å². The maximum atomic E-state index is 3.67. The normalized spacial score (nSPS) is 20.9. The van der Waals surface area contributed by atoms with Crippen LogP contribution >= 0.6 is 15.9 Å². The molecule has 2 unspecified atom stereocenters. The number of rotatable bonds is 4. The Kier molecular flexibility index (Phi) is 4.23. The van der Waals surface area contributed by atoms with E-state index in [4.69, 9.17) is 0 Å². The van der Waals surface area contributed by atoms with E-state index in [-0.39, 0.29) is 0 Å². The summed E-state index contributed by atoms with van der Waals surface area (Å²) < 4.78 is 1.15. The van der Waals surface area contributed by atoms with Crippen LogP contribution in [0.15, 0.2) is 53.0 Å². The molecule has 104 valence electrons. The van der Waals surface area contributed by atoms with Crippen molar-refractivity contribution in [3.63, 3.8) is 0 Å². The third kappa shape index (κ3) is 2.82. The van der Waals surface area contributed by atoms with Gasteiger partial charge in [-0.05, 0) is 54.1 Å². The van der Waals surface area contributed by atoms with E-state index >= 15 is 0 Å². The van der Waals surface area contributed by atoms with Gasteiger partial charge in [-0.1, -0.05) is 59.3 Å². The molecule has 1 nitrogen and oxygen atoms in total. The fourth-order valence-electron chi connectivity index (χ4n) is 3.29. The number of nitrogens with one attached hydrogen (secondary N) is 1. The molecule has 0 amide bonds. The van der Waals surface area contributed by atoms with Crippen LogP contribution in [0.3, 0.4) is 0 Å². The highest BCUT2D eigenvalue weighted by atomic mass is 79.9. The van der Waals surface area contributed by atoms with Gasteiger partial charge in [-0.2, -0.15) is 0 Å². The third-order valence-electron chi connectivity index (χ3n) is 4.18. The number of benzene rings is 2. The van der Waals surface area contributed by atoms with E-state index in [0.29, 0.717) is 12.0 Å². The van der Waals surface area contributed by atoms with Gasteiger partial charge in [0.1, 0.15) is 0 Å². The Morgan fingerprint density at radius 2 is 1.85 bits per heavy atom. The van der Waals surface area contributed by atoms with Crippen molar-refractivity contribution < 1.29 is 0 Å². The lowest BCUT2D eigenvalue weighted by Crippen LogP contribution is -2.26. The van der Waals surface area contributed by atoms with Gasteiger partial charge in [0.2, 0.25) is 0 Å². The van der Waals surface area contributed by atoms with Gasteiger partial charge in [-0.3, -0.25) is 0 Å². The number of fused-ring (bicyclic) bond motifs is 1. The Bertz CT molecular complexity index is 576. The lowest BCUT2D eigenvalue weighted by molar-refractivity contribution is 0.394. The van der Waals surface area contributed by atoms with Crippen LogP contribution < -0.4 is 5.32 Å². The summed E-state index contributed by atoms with van der Waals surface area (Å²) in [5, 5.41) is 3.67. The molecule has 0 bridgehead atoms. The second-order valence-corrected chi connectivity index (χ2v) is 6.44. The van der Waals surface area contributed by atoms with E-state index in [2.05, 4.69) is 76.7 Å². The topological polar surface area (TPSA) is 12.0 Å². The van der Waals surface area contributed by atoms with Gasteiger partial charge in [0.05, 0.1) is 0 Å². The lowest BCUT2D eigenvalue weighted by Gasteiger charge is -2.21. The van der Waals surface area contributed by atoms with Crippen LogP contribution in [-0.4, -0.2) is 6.54 Å². The Morgan fingerprint density at radius 1 is 1.10 bits per heavy atom. The average Bonchev–Trinajstić information content (AvgIpc) is 2.80. The molecule has 0 fully saturated rings. The summed E-state index contributed by atoms with van der Waals surface area (Å²) in [6.07, 6.45) is 2.32. The maximum Gasteiger partial charge on any atom is 0.0357 e. The molecule has 2 heteroatoms. The summed E-state index contributed by atoms with van der Waals surface area (Å²) in [4.78, 5) is 0. The summed E-state index contributed by atoms with van der Waals surface area (Å²) in [7, 11) is 0. The van der Waals surface area contributed by atoms with Crippen LogP contribution in [0, 0.1) is 5.92 Å². The number of hydrogen-bond acceptors (Lipinski definition) is 1. The molecule has 3 rings (SSSR count). The van der Waals surface area contributed by atoms with Crippen molar-refractivity contribution in [2.75, 3.05) is 6.54 Å². The third-order valence-corrected chi connectivity index (χ3v) is 4.71. The SMILES string of the molecule is CCNC1c2ccccc2CC1Cc1ccc(Br)cc1. The first-order valence-electron chi connectivity index (χ1n) is 7.33. The molecule has 1 aliphatic rings. The number of halogens is 1. The van der Waals surface area contributed by atoms with Crippen molar-refractivity contribution in [1.29, 1.82) is 0 Å². The zero-order valence-corrected chi connectivity index (χ0v) is 13.4. The minimum atomic E-state index is 0.500. The van der Waals surface area contributed by atoms with E-state index in [1.54, 1.807) is 0 Å². The van der Waals surface area contributed by atoms with E-state index in [0.717, 1.165) is 17.4 Å². The van der Waals surface area contributed by atoms with Crippen molar-refractivity contribution >= 4 is 15.9 Å². The monoisotopic (exact) mass is 329 g/mol. The molecule has 2 aromatic rings. The van der Waals surface area contributed by atoms with E-state index in [9.17, 15) is 0 Å². The first kappa shape index (κ1) is 13.8. The van der Waals surface area contributed by atoms with E-state index < -0.39 is 0 Å². The van der Waals surface area contributed by atoms with Crippen LogP contribution in [0.1, 0.15) is 29.7 Å². The molecular formula is C18H20BrN. The van der Waals surface area contributed by atoms with E-state index in [1.165, 1.54) is 23.1 Å². The second-order valence-electron chi connectivity index (χ2n) is 5.53. The molecule has 20 heavy (non-hydrogen) atoms. The molecule has 2 aromatic carbocycles. The average molecular weight is 330 g/mol. The Labute approximate surface area is 129 Å². The van der Waals surface area contributed by atoms with Crippen molar-refractivity contribution in [3.05, 3.63) is 69.7 Å². The molecule has 0 aliphatic heterocycles. The van der Waals surface area contributed by atoms with Crippen LogP contribution in [0.2, 0.25) is 0 Å². The minimum Gasteiger partial charge on any atom is -0.310 e. The van der Waals surface area contributed by atoms with Crippen LogP contribution in [-0.2, 0) is 12.8 Å². The molecule has 2 atom stereocenters. The van der Waals surface area contributed by atoms with Gasteiger partial charge in [0.25, 0.3) is 0 Å². The van der Waals surface area contributed by atoms with Crippen LogP contribution in [0.25, 0.3) is 0 Å². The van der Waals surface area contributed by atoms with Gasteiger partial charge < -0.3 is 5.32 Å². The lowest BCUT2D eigenvalue weighted by atomic mass is 9.93. The predicted octanol–water partition coefficient (Wildman–Crippen LogP) is 4.51. The number of hydrogen-bond donors (Lipinski definition) is 1. The highest BCUT2D eigenvalue weighted by Gasteiger charge is 2.31. The Morgan fingerprint density at radius 3 is 2.60 bits per heavy atom. The van der Waals surface area contributed by atoms with Crippen molar-refractivity contribution in [3.8, 4) is 0 Å². The molecule has 1 N–H and O–H groups in total. The molecule has 0 radical (unpaired) electrons. The Hall–Kier alpha value is -1.12. The van der Waals surface area contributed by atoms with Gasteiger partial charge in [-0.15, -0.1) is 0 Å². The molecule has 1 aliphatic carbocycles. The van der Waals surface area contributed by atoms with Crippen molar-refractivity contribution in [2.45, 2.75) is 25.8 Å². The van der Waals surface area contributed by atoms with Gasteiger partial charge in [0.15, 0.2) is 0 Å². The molecular weight excluding hydrogens is 310 g/mol. The highest BCUT2D eigenvalue weighted by Crippen LogP contribution is 2.37. The maximum absolute atomic E-state index is 3.67. The predicted molar refractivity (Wildman–Crippen MR) is 87.9 cm³/mol. The first-order valence-corrected chi connectivity index (χ1v) is 8.13. The van der Waals surface area contributed by atoms with Crippen LogP contribution in [0.5, 0.6) is 0 Å². The molecule has 0 saturated heterocycles. The molecule has 0 aromatic heterocycles. The summed E-state index contributed by atoms with van der Waals surface area (Å²) in [5.41, 5.74) is 4.44. The van der Waals surface area contributed by atoms with E-state index in [1.807, 2.05) is 0 Å². The molecule has 0 heterocycles. The minimum absolute atomic E-state index is 0.500. The zero-order valence-electron chi connectivity index (χ0n) is 11.8. The molecule has 0 saturated carbocycles.